The van der Waals surface area contributed by atoms with Crippen molar-refractivity contribution in [1.29, 1.82) is 0 Å². The van der Waals surface area contributed by atoms with Crippen LogP contribution in [0.25, 0.3) is 10.9 Å². The van der Waals surface area contributed by atoms with Gasteiger partial charge >= 0.3 is 5.97 Å². The first-order valence-corrected chi connectivity index (χ1v) is 5.47. The van der Waals surface area contributed by atoms with Crippen molar-refractivity contribution >= 4 is 32.8 Å². The van der Waals surface area contributed by atoms with Gasteiger partial charge in [0.25, 0.3) is 0 Å². The Morgan fingerprint density at radius 3 is 2.94 bits per heavy atom. The van der Waals surface area contributed by atoms with Gasteiger partial charge in [0.2, 0.25) is 0 Å². The third-order valence-electron chi connectivity index (χ3n) is 2.40. The summed E-state index contributed by atoms with van der Waals surface area (Å²) in [4.78, 5) is 13.7. The van der Waals surface area contributed by atoms with E-state index in [1.54, 1.807) is 13.3 Å². The van der Waals surface area contributed by atoms with Gasteiger partial charge in [-0.2, -0.15) is 0 Å². The normalized spacial score (nSPS) is 10.6. The second kappa shape index (κ2) is 4.17. The molecule has 5 heteroatoms. The summed E-state index contributed by atoms with van der Waals surface area (Å²) in [6, 6.07) is 3.67. The van der Waals surface area contributed by atoms with Crippen LogP contribution in [-0.2, 0) is 11.2 Å². The molecule has 2 rings (SSSR count). The second-order valence-corrected chi connectivity index (χ2v) is 4.18. The number of carboxylic acid groups (broad SMARTS) is 1. The summed E-state index contributed by atoms with van der Waals surface area (Å²) >= 11 is 3.42. The van der Waals surface area contributed by atoms with E-state index in [0.717, 1.165) is 26.7 Å². The monoisotopic (exact) mass is 283 g/mol. The fourth-order valence-electron chi connectivity index (χ4n) is 1.67. The molecule has 4 nitrogen and oxygen atoms in total. The molecule has 0 unspecified atom stereocenters. The minimum Gasteiger partial charge on any atom is -0.495 e. The van der Waals surface area contributed by atoms with Crippen molar-refractivity contribution in [2.24, 2.45) is 0 Å². The molecule has 0 spiro atoms. The molecule has 84 valence electrons. The Labute approximate surface area is 100 Å². The van der Waals surface area contributed by atoms with E-state index in [4.69, 9.17) is 9.84 Å². The number of fused-ring (bicyclic) bond motifs is 1. The zero-order valence-electron chi connectivity index (χ0n) is 8.58. The van der Waals surface area contributed by atoms with E-state index < -0.39 is 5.97 Å². The number of methoxy groups -OCH3 is 1. The number of aliphatic carboxylic acids is 1. The third-order valence-corrected chi connectivity index (χ3v) is 3.19. The summed E-state index contributed by atoms with van der Waals surface area (Å²) < 4.78 is 5.97. The van der Waals surface area contributed by atoms with Gasteiger partial charge in [0.1, 0.15) is 5.75 Å². The Balaban J connectivity index is 2.58. The van der Waals surface area contributed by atoms with Crippen LogP contribution in [0, 0.1) is 0 Å². The third kappa shape index (κ3) is 1.78. The Bertz CT molecular complexity index is 547. The Hall–Kier alpha value is -1.49. The molecule has 0 fully saturated rings. The van der Waals surface area contributed by atoms with E-state index in [1.807, 2.05) is 12.1 Å². The number of halogens is 1. The number of aromatic nitrogens is 1. The van der Waals surface area contributed by atoms with Crippen LogP contribution in [0.15, 0.2) is 22.8 Å². The maximum absolute atomic E-state index is 10.7. The summed E-state index contributed by atoms with van der Waals surface area (Å²) in [6.07, 6.45) is 1.72. The summed E-state index contributed by atoms with van der Waals surface area (Å²) in [6.45, 7) is 0. The van der Waals surface area contributed by atoms with Gasteiger partial charge in [-0.3, -0.25) is 4.79 Å². The molecule has 1 aromatic carbocycles. The number of rotatable bonds is 3. The lowest BCUT2D eigenvalue weighted by atomic mass is 10.1. The SMILES string of the molecule is COc1ccc2c(CC(=O)O)c[nH]c2c1Br. The fourth-order valence-corrected chi connectivity index (χ4v) is 2.29. The van der Waals surface area contributed by atoms with Gasteiger partial charge in [0.05, 0.1) is 23.5 Å². The molecule has 0 aliphatic rings. The summed E-state index contributed by atoms with van der Waals surface area (Å²) in [7, 11) is 1.59. The van der Waals surface area contributed by atoms with Crippen LogP contribution in [0.1, 0.15) is 5.56 Å². The number of hydrogen-bond donors (Lipinski definition) is 2. The molecule has 0 radical (unpaired) electrons. The highest BCUT2D eigenvalue weighted by atomic mass is 79.9. The number of carbonyl (C=O) groups is 1. The Morgan fingerprint density at radius 2 is 2.31 bits per heavy atom. The summed E-state index contributed by atoms with van der Waals surface area (Å²) in [5, 5.41) is 9.66. The predicted molar refractivity (Wildman–Crippen MR) is 63.9 cm³/mol. The molecule has 16 heavy (non-hydrogen) atoms. The van der Waals surface area contributed by atoms with Gasteiger partial charge in [-0.15, -0.1) is 0 Å². The number of H-pyrrole nitrogens is 1. The van der Waals surface area contributed by atoms with Gasteiger partial charge in [-0.05, 0) is 33.6 Å². The Kier molecular flexibility index (Phi) is 2.87. The fraction of sp³-hybridized carbons (Fsp3) is 0.182. The number of benzene rings is 1. The van der Waals surface area contributed by atoms with Crippen LogP contribution in [-0.4, -0.2) is 23.2 Å². The zero-order chi connectivity index (χ0) is 11.7. The average Bonchev–Trinajstić information content (AvgIpc) is 2.62. The minimum atomic E-state index is -0.840. The minimum absolute atomic E-state index is 0.0127. The number of nitrogens with one attached hydrogen (secondary N) is 1. The smallest absolute Gasteiger partial charge is 0.307 e. The number of hydrogen-bond acceptors (Lipinski definition) is 2. The summed E-state index contributed by atoms with van der Waals surface area (Å²) in [5.74, 6) is -0.121. The standard InChI is InChI=1S/C11H10BrNO3/c1-16-8-3-2-7-6(4-9(14)15)5-13-11(7)10(8)12/h2-3,5,13H,4H2,1H3,(H,14,15). The largest absolute Gasteiger partial charge is 0.495 e. The molecule has 0 aliphatic carbocycles. The van der Waals surface area contributed by atoms with Crippen molar-refractivity contribution in [2.75, 3.05) is 7.11 Å². The van der Waals surface area contributed by atoms with Crippen LogP contribution in [0.3, 0.4) is 0 Å². The summed E-state index contributed by atoms with van der Waals surface area (Å²) in [5.41, 5.74) is 1.63. The highest BCUT2D eigenvalue weighted by Crippen LogP contribution is 2.33. The first-order chi connectivity index (χ1) is 7.63. The van der Waals surface area contributed by atoms with Crippen LogP contribution >= 0.6 is 15.9 Å². The van der Waals surface area contributed by atoms with Crippen LogP contribution in [0.2, 0.25) is 0 Å². The van der Waals surface area contributed by atoms with Gasteiger partial charge in [0, 0.05) is 11.6 Å². The molecular formula is C11H10BrNO3. The van der Waals surface area contributed by atoms with Crippen molar-refractivity contribution in [2.45, 2.75) is 6.42 Å². The molecule has 0 saturated heterocycles. The lowest BCUT2D eigenvalue weighted by molar-refractivity contribution is -0.136. The quantitative estimate of drug-likeness (QED) is 0.910. The molecule has 0 saturated carbocycles. The van der Waals surface area contributed by atoms with Crippen molar-refractivity contribution in [3.05, 3.63) is 28.4 Å². The molecule has 0 bridgehead atoms. The molecule has 0 aliphatic heterocycles. The molecule has 2 N–H and O–H groups in total. The highest BCUT2D eigenvalue weighted by Gasteiger charge is 2.12. The number of aromatic amines is 1. The lowest BCUT2D eigenvalue weighted by Gasteiger charge is -2.04. The van der Waals surface area contributed by atoms with Crippen molar-refractivity contribution in [3.63, 3.8) is 0 Å². The lowest BCUT2D eigenvalue weighted by Crippen LogP contribution is -1.98. The van der Waals surface area contributed by atoms with Crippen molar-refractivity contribution in [3.8, 4) is 5.75 Å². The maximum atomic E-state index is 10.7. The van der Waals surface area contributed by atoms with Crippen molar-refractivity contribution < 1.29 is 14.6 Å². The van der Waals surface area contributed by atoms with Crippen LogP contribution < -0.4 is 4.74 Å². The molecule has 1 heterocycles. The van der Waals surface area contributed by atoms with Gasteiger partial charge < -0.3 is 14.8 Å². The van der Waals surface area contributed by atoms with E-state index in [-0.39, 0.29) is 6.42 Å². The topological polar surface area (TPSA) is 62.3 Å². The maximum Gasteiger partial charge on any atom is 0.307 e. The van der Waals surface area contributed by atoms with Gasteiger partial charge in [-0.25, -0.2) is 0 Å². The molecule has 2 aromatic rings. The van der Waals surface area contributed by atoms with E-state index >= 15 is 0 Å². The second-order valence-electron chi connectivity index (χ2n) is 3.39. The first-order valence-electron chi connectivity index (χ1n) is 4.67. The van der Waals surface area contributed by atoms with Crippen LogP contribution in [0.4, 0.5) is 0 Å². The molecule has 0 amide bonds. The zero-order valence-corrected chi connectivity index (χ0v) is 10.2. The van der Waals surface area contributed by atoms with E-state index in [2.05, 4.69) is 20.9 Å². The van der Waals surface area contributed by atoms with E-state index in [9.17, 15) is 4.79 Å². The number of carboxylic acids is 1. The van der Waals surface area contributed by atoms with Gasteiger partial charge in [0.15, 0.2) is 0 Å². The average molecular weight is 284 g/mol. The first kappa shape index (κ1) is 11.0. The predicted octanol–water partition coefficient (Wildman–Crippen LogP) is 2.57. The van der Waals surface area contributed by atoms with E-state index in [1.165, 1.54) is 0 Å². The van der Waals surface area contributed by atoms with Crippen molar-refractivity contribution in [1.82, 2.24) is 4.98 Å². The highest BCUT2D eigenvalue weighted by molar-refractivity contribution is 9.10. The van der Waals surface area contributed by atoms with Crippen LogP contribution in [0.5, 0.6) is 5.75 Å². The molecule has 0 atom stereocenters. The van der Waals surface area contributed by atoms with Gasteiger partial charge in [-0.1, -0.05) is 0 Å². The Morgan fingerprint density at radius 1 is 1.56 bits per heavy atom. The number of ether oxygens (including phenoxy) is 1. The molecule has 1 aromatic heterocycles. The van der Waals surface area contributed by atoms with E-state index in [0.29, 0.717) is 0 Å². The molecular weight excluding hydrogens is 274 g/mol.